The van der Waals surface area contributed by atoms with Gasteiger partial charge in [-0.1, -0.05) is 29.3 Å². The molecule has 1 aromatic heterocycles. The summed E-state index contributed by atoms with van der Waals surface area (Å²) in [6, 6.07) is 8.11. The Balaban J connectivity index is 2.78. The number of carboxylic acids is 1. The van der Waals surface area contributed by atoms with Gasteiger partial charge < -0.3 is 5.11 Å². The van der Waals surface area contributed by atoms with Gasteiger partial charge in [0, 0.05) is 5.56 Å². The van der Waals surface area contributed by atoms with Crippen molar-refractivity contribution in [1.29, 1.82) is 5.26 Å². The first kappa shape index (κ1) is 14.3. The molecular weight excluding hydrogens is 299 g/mol. The number of pyridine rings is 1. The van der Waals surface area contributed by atoms with Gasteiger partial charge in [-0.05, 0) is 25.1 Å². The highest BCUT2D eigenvalue weighted by Crippen LogP contribution is 2.34. The Bertz CT molecular complexity index is 731. The average Bonchev–Trinajstić information content (AvgIpc) is 2.37. The SMILES string of the molecule is Cc1nc(-c2c(Cl)cccc2Cl)cc(C(=O)O)c1C#N. The van der Waals surface area contributed by atoms with Crippen molar-refractivity contribution in [3.63, 3.8) is 0 Å². The molecule has 1 aromatic carbocycles. The van der Waals surface area contributed by atoms with Gasteiger partial charge in [0.05, 0.1) is 32.6 Å². The molecule has 2 aromatic rings. The molecule has 4 nitrogen and oxygen atoms in total. The van der Waals surface area contributed by atoms with Gasteiger partial charge in [0.15, 0.2) is 0 Å². The number of rotatable bonds is 2. The maximum atomic E-state index is 11.2. The standard InChI is InChI=1S/C14H8Cl2N2O2/c1-7-9(6-17)8(14(19)20)5-12(18-7)13-10(15)3-2-4-11(13)16/h2-5H,1H3,(H,19,20). The highest BCUT2D eigenvalue weighted by Gasteiger charge is 2.18. The third-order valence-electron chi connectivity index (χ3n) is 2.76. The number of nitriles is 1. The van der Waals surface area contributed by atoms with Crippen LogP contribution in [0.4, 0.5) is 0 Å². The molecule has 0 unspecified atom stereocenters. The van der Waals surface area contributed by atoms with Crippen LogP contribution in [0.5, 0.6) is 0 Å². The summed E-state index contributed by atoms with van der Waals surface area (Å²) in [6.45, 7) is 1.57. The summed E-state index contributed by atoms with van der Waals surface area (Å²) in [4.78, 5) is 15.5. The van der Waals surface area contributed by atoms with Crippen molar-refractivity contribution in [2.45, 2.75) is 6.92 Å². The number of carboxylic acid groups (broad SMARTS) is 1. The van der Waals surface area contributed by atoms with E-state index in [0.29, 0.717) is 27.0 Å². The van der Waals surface area contributed by atoms with Crippen molar-refractivity contribution in [3.05, 3.63) is 51.1 Å². The van der Waals surface area contributed by atoms with E-state index in [1.807, 2.05) is 6.07 Å². The first-order chi connectivity index (χ1) is 9.45. The van der Waals surface area contributed by atoms with E-state index >= 15 is 0 Å². The highest BCUT2D eigenvalue weighted by atomic mass is 35.5. The third-order valence-corrected chi connectivity index (χ3v) is 3.39. The normalized spacial score (nSPS) is 10.1. The number of aromatic carboxylic acids is 1. The Kier molecular flexibility index (Phi) is 3.93. The van der Waals surface area contributed by atoms with E-state index in [2.05, 4.69) is 4.98 Å². The molecule has 0 fully saturated rings. The fourth-order valence-corrected chi connectivity index (χ4v) is 2.44. The lowest BCUT2D eigenvalue weighted by Crippen LogP contribution is -2.05. The number of carbonyl (C=O) groups is 1. The monoisotopic (exact) mass is 306 g/mol. The predicted octanol–water partition coefficient (Wildman–Crippen LogP) is 3.93. The number of hydrogen-bond donors (Lipinski definition) is 1. The average molecular weight is 307 g/mol. The molecule has 0 aliphatic heterocycles. The Morgan fingerprint density at radius 1 is 1.35 bits per heavy atom. The predicted molar refractivity (Wildman–Crippen MR) is 76.1 cm³/mol. The van der Waals surface area contributed by atoms with E-state index in [1.54, 1.807) is 25.1 Å². The van der Waals surface area contributed by atoms with Crippen molar-refractivity contribution < 1.29 is 9.90 Å². The maximum absolute atomic E-state index is 11.2. The lowest BCUT2D eigenvalue weighted by Gasteiger charge is -2.10. The second-order valence-corrected chi connectivity index (χ2v) is 4.84. The first-order valence-electron chi connectivity index (χ1n) is 5.55. The van der Waals surface area contributed by atoms with Crippen LogP contribution in [0.25, 0.3) is 11.3 Å². The van der Waals surface area contributed by atoms with Crippen LogP contribution in [-0.2, 0) is 0 Å². The molecule has 1 heterocycles. The zero-order chi connectivity index (χ0) is 14.9. The van der Waals surface area contributed by atoms with Crippen LogP contribution in [0.2, 0.25) is 10.0 Å². The van der Waals surface area contributed by atoms with Crippen LogP contribution >= 0.6 is 23.2 Å². The quantitative estimate of drug-likeness (QED) is 0.912. The van der Waals surface area contributed by atoms with Gasteiger partial charge in [-0.25, -0.2) is 4.79 Å². The fraction of sp³-hybridized carbons (Fsp3) is 0.0714. The minimum Gasteiger partial charge on any atom is -0.478 e. The van der Waals surface area contributed by atoms with Crippen molar-refractivity contribution in [2.75, 3.05) is 0 Å². The van der Waals surface area contributed by atoms with Gasteiger partial charge in [0.25, 0.3) is 0 Å². The Labute approximate surface area is 125 Å². The molecule has 100 valence electrons. The number of halogens is 2. The van der Waals surface area contributed by atoms with E-state index < -0.39 is 5.97 Å². The molecule has 6 heteroatoms. The van der Waals surface area contributed by atoms with Crippen molar-refractivity contribution in [1.82, 2.24) is 4.98 Å². The van der Waals surface area contributed by atoms with E-state index in [-0.39, 0.29) is 11.1 Å². The van der Waals surface area contributed by atoms with E-state index in [0.717, 1.165) is 0 Å². The molecule has 0 saturated heterocycles. The molecule has 2 rings (SSSR count). The molecule has 20 heavy (non-hydrogen) atoms. The molecule has 0 spiro atoms. The maximum Gasteiger partial charge on any atom is 0.337 e. The second-order valence-electron chi connectivity index (χ2n) is 4.03. The number of aryl methyl sites for hydroxylation is 1. The second kappa shape index (κ2) is 5.49. The molecule has 0 aliphatic rings. The Morgan fingerprint density at radius 3 is 2.45 bits per heavy atom. The smallest absolute Gasteiger partial charge is 0.337 e. The molecule has 0 saturated carbocycles. The lowest BCUT2D eigenvalue weighted by atomic mass is 10.0. The molecule has 1 N–H and O–H groups in total. The summed E-state index contributed by atoms with van der Waals surface area (Å²) in [5.74, 6) is -1.20. The van der Waals surface area contributed by atoms with Crippen molar-refractivity contribution in [2.24, 2.45) is 0 Å². The van der Waals surface area contributed by atoms with E-state index in [1.165, 1.54) is 6.07 Å². The van der Waals surface area contributed by atoms with Crippen LogP contribution < -0.4 is 0 Å². The minimum atomic E-state index is -1.20. The van der Waals surface area contributed by atoms with Crippen molar-refractivity contribution in [3.8, 4) is 17.3 Å². The summed E-state index contributed by atoms with van der Waals surface area (Å²) in [5.41, 5.74) is 1.01. The largest absolute Gasteiger partial charge is 0.478 e. The highest BCUT2D eigenvalue weighted by molar-refractivity contribution is 6.39. The van der Waals surface area contributed by atoms with Gasteiger partial charge in [-0.15, -0.1) is 0 Å². The summed E-state index contributed by atoms with van der Waals surface area (Å²) in [7, 11) is 0. The topological polar surface area (TPSA) is 74.0 Å². The van der Waals surface area contributed by atoms with Crippen LogP contribution in [0.1, 0.15) is 21.6 Å². The number of nitrogens with zero attached hydrogens (tertiary/aromatic N) is 2. The molecule has 0 aliphatic carbocycles. The third kappa shape index (κ3) is 2.46. The van der Waals surface area contributed by atoms with Crippen LogP contribution in [0, 0.1) is 18.3 Å². The van der Waals surface area contributed by atoms with Gasteiger partial charge >= 0.3 is 5.97 Å². The van der Waals surface area contributed by atoms with Crippen LogP contribution in [-0.4, -0.2) is 16.1 Å². The Hall–Kier alpha value is -2.09. The van der Waals surface area contributed by atoms with Gasteiger partial charge in [0.1, 0.15) is 6.07 Å². The summed E-state index contributed by atoms with van der Waals surface area (Å²) in [6.07, 6.45) is 0. The molecule has 0 bridgehead atoms. The van der Waals surface area contributed by atoms with Gasteiger partial charge in [-0.3, -0.25) is 4.98 Å². The lowest BCUT2D eigenvalue weighted by molar-refractivity contribution is 0.0696. The van der Waals surface area contributed by atoms with E-state index in [4.69, 9.17) is 28.5 Å². The van der Waals surface area contributed by atoms with Crippen molar-refractivity contribution >= 4 is 29.2 Å². The summed E-state index contributed by atoms with van der Waals surface area (Å²) in [5, 5.41) is 18.9. The summed E-state index contributed by atoms with van der Waals surface area (Å²) >= 11 is 12.2. The number of benzene rings is 1. The number of aromatic nitrogens is 1. The zero-order valence-electron chi connectivity index (χ0n) is 10.3. The van der Waals surface area contributed by atoms with Gasteiger partial charge in [0.2, 0.25) is 0 Å². The minimum absolute atomic E-state index is 0.0319. The molecule has 0 atom stereocenters. The molecular formula is C14H8Cl2N2O2. The van der Waals surface area contributed by atoms with Crippen LogP contribution in [0.15, 0.2) is 24.3 Å². The number of hydrogen-bond acceptors (Lipinski definition) is 3. The Morgan fingerprint density at radius 2 is 1.95 bits per heavy atom. The van der Waals surface area contributed by atoms with Gasteiger partial charge in [-0.2, -0.15) is 5.26 Å². The zero-order valence-corrected chi connectivity index (χ0v) is 11.8. The first-order valence-corrected chi connectivity index (χ1v) is 6.30. The van der Waals surface area contributed by atoms with Crippen LogP contribution in [0.3, 0.4) is 0 Å². The molecule has 0 radical (unpaired) electrons. The summed E-state index contributed by atoms with van der Waals surface area (Å²) < 4.78 is 0. The molecule has 0 amide bonds. The van der Waals surface area contributed by atoms with E-state index in [9.17, 15) is 9.90 Å². The fourth-order valence-electron chi connectivity index (χ4n) is 1.85.